The van der Waals surface area contributed by atoms with E-state index in [0.29, 0.717) is 18.0 Å². The summed E-state index contributed by atoms with van der Waals surface area (Å²) in [5.74, 6) is 0. The van der Waals surface area contributed by atoms with Gasteiger partial charge in [-0.15, -0.1) is 0 Å². The fraction of sp³-hybridized carbons (Fsp3) is 0.571. The maximum Gasteiger partial charge on any atom is 0.240 e. The van der Waals surface area contributed by atoms with Crippen molar-refractivity contribution in [2.24, 2.45) is 0 Å². The average Bonchev–Trinajstić information content (AvgIpc) is 2.45. The van der Waals surface area contributed by atoms with E-state index in [2.05, 4.69) is 10.0 Å². The fourth-order valence-electron chi connectivity index (χ4n) is 1.77. The molecule has 1 aromatic rings. The predicted octanol–water partition coefficient (Wildman–Crippen LogP) is 1.15. The van der Waals surface area contributed by atoms with Crippen LogP contribution in [0.25, 0.3) is 0 Å². The summed E-state index contributed by atoms with van der Waals surface area (Å²) in [7, 11) is 0.143. The molecule has 0 amide bonds. The maximum absolute atomic E-state index is 12.0. The number of hydrogen-bond acceptors (Lipinski definition) is 4. The highest BCUT2D eigenvalue weighted by atomic mass is 32.2. The van der Waals surface area contributed by atoms with Gasteiger partial charge in [-0.3, -0.25) is 0 Å². The van der Waals surface area contributed by atoms with E-state index in [1.165, 1.54) is 0 Å². The lowest BCUT2D eigenvalue weighted by Crippen LogP contribution is -2.25. The lowest BCUT2D eigenvalue weighted by Gasteiger charge is -2.07. The number of unbranched alkanes of at least 4 members (excludes halogenated alkanes) is 1. The molecule has 0 aliphatic carbocycles. The second kappa shape index (κ2) is 9.07. The molecule has 0 aromatic heterocycles. The van der Waals surface area contributed by atoms with Crippen molar-refractivity contribution >= 4 is 10.0 Å². The summed E-state index contributed by atoms with van der Waals surface area (Å²) in [4.78, 5) is 0.317. The molecule has 2 N–H and O–H groups in total. The lowest BCUT2D eigenvalue weighted by atomic mass is 10.1. The third-order valence-electron chi connectivity index (χ3n) is 2.96. The average molecular weight is 300 g/mol. The Kier molecular flexibility index (Phi) is 7.76. The zero-order chi connectivity index (χ0) is 14.8. The van der Waals surface area contributed by atoms with Crippen LogP contribution in [0.1, 0.15) is 18.4 Å². The summed E-state index contributed by atoms with van der Waals surface area (Å²) in [6, 6.07) is 7.03. The van der Waals surface area contributed by atoms with Gasteiger partial charge in [0.1, 0.15) is 0 Å². The fourth-order valence-corrected chi connectivity index (χ4v) is 2.84. The molecular weight excluding hydrogens is 276 g/mol. The van der Waals surface area contributed by atoms with Crippen LogP contribution in [0.3, 0.4) is 0 Å². The predicted molar refractivity (Wildman–Crippen MR) is 80.4 cm³/mol. The zero-order valence-electron chi connectivity index (χ0n) is 12.2. The van der Waals surface area contributed by atoms with E-state index in [-0.39, 0.29) is 0 Å². The van der Waals surface area contributed by atoms with Gasteiger partial charge in [0.25, 0.3) is 0 Å². The van der Waals surface area contributed by atoms with Gasteiger partial charge in [-0.05, 0) is 50.6 Å². The number of ether oxygens (including phenoxy) is 1. The molecule has 1 rings (SSSR count). The molecule has 0 aliphatic heterocycles. The van der Waals surface area contributed by atoms with E-state index in [4.69, 9.17) is 4.74 Å². The first-order chi connectivity index (χ1) is 9.60. The van der Waals surface area contributed by atoms with Crippen molar-refractivity contribution in [3.63, 3.8) is 0 Å². The topological polar surface area (TPSA) is 67.4 Å². The van der Waals surface area contributed by atoms with Gasteiger partial charge in [0.05, 0.1) is 4.90 Å². The minimum atomic E-state index is -3.39. The molecule has 20 heavy (non-hydrogen) atoms. The highest BCUT2D eigenvalue weighted by molar-refractivity contribution is 7.89. The number of nitrogens with one attached hydrogen (secondary N) is 2. The van der Waals surface area contributed by atoms with Crippen LogP contribution in [-0.4, -0.2) is 42.3 Å². The normalized spacial score (nSPS) is 11.7. The Bertz CT molecular complexity index is 472. The quantitative estimate of drug-likeness (QED) is 0.636. The number of rotatable bonds is 10. The Morgan fingerprint density at radius 1 is 1.10 bits per heavy atom. The largest absolute Gasteiger partial charge is 0.385 e. The van der Waals surface area contributed by atoms with Crippen molar-refractivity contribution in [1.82, 2.24) is 10.0 Å². The highest BCUT2D eigenvalue weighted by Gasteiger charge is 2.12. The Labute approximate surface area is 121 Å². The van der Waals surface area contributed by atoms with Crippen LogP contribution in [-0.2, 0) is 21.2 Å². The molecule has 0 bridgehead atoms. The SMILES string of the molecule is CNCCc1ccc(S(=O)(=O)NCCCCOC)cc1. The first kappa shape index (κ1) is 17.1. The van der Waals surface area contributed by atoms with E-state index in [0.717, 1.165) is 31.4 Å². The van der Waals surface area contributed by atoms with E-state index < -0.39 is 10.0 Å². The lowest BCUT2D eigenvalue weighted by molar-refractivity contribution is 0.193. The molecule has 0 spiro atoms. The number of hydrogen-bond donors (Lipinski definition) is 2. The summed E-state index contributed by atoms with van der Waals surface area (Å²) in [5.41, 5.74) is 1.12. The van der Waals surface area contributed by atoms with Gasteiger partial charge in [0.15, 0.2) is 0 Å². The molecular formula is C14H24N2O3S. The molecule has 1 aromatic carbocycles. The molecule has 0 aliphatic rings. The number of likely N-dealkylation sites (N-methyl/N-ethyl adjacent to an activating group) is 1. The zero-order valence-corrected chi connectivity index (χ0v) is 13.0. The Morgan fingerprint density at radius 3 is 2.40 bits per heavy atom. The van der Waals surface area contributed by atoms with Crippen LogP contribution >= 0.6 is 0 Å². The first-order valence-corrected chi connectivity index (χ1v) is 8.30. The molecule has 0 fully saturated rings. The van der Waals surface area contributed by atoms with Gasteiger partial charge in [0, 0.05) is 20.3 Å². The van der Waals surface area contributed by atoms with Gasteiger partial charge in [-0.1, -0.05) is 12.1 Å². The molecule has 0 radical (unpaired) electrons. The van der Waals surface area contributed by atoms with E-state index in [1.807, 2.05) is 19.2 Å². The Balaban J connectivity index is 2.50. The second-order valence-electron chi connectivity index (χ2n) is 4.60. The van der Waals surface area contributed by atoms with Gasteiger partial charge in [0.2, 0.25) is 10.0 Å². The molecule has 0 unspecified atom stereocenters. The van der Waals surface area contributed by atoms with Crippen LogP contribution < -0.4 is 10.0 Å². The Hall–Kier alpha value is -0.950. The number of benzene rings is 1. The molecule has 114 valence electrons. The first-order valence-electron chi connectivity index (χ1n) is 6.82. The van der Waals surface area contributed by atoms with Crippen molar-refractivity contribution in [3.05, 3.63) is 29.8 Å². The molecule has 5 nitrogen and oxygen atoms in total. The van der Waals surface area contributed by atoms with Crippen molar-refractivity contribution in [3.8, 4) is 0 Å². The standard InChI is InChI=1S/C14H24N2O3S/c1-15-11-9-13-5-7-14(8-6-13)20(17,18)16-10-3-4-12-19-2/h5-8,15-16H,3-4,9-12H2,1-2H3. The molecule has 0 saturated carbocycles. The summed E-state index contributed by atoms with van der Waals surface area (Å²) in [6.45, 7) is 1.97. The third-order valence-corrected chi connectivity index (χ3v) is 4.44. The summed E-state index contributed by atoms with van der Waals surface area (Å²) in [6.07, 6.45) is 2.51. The van der Waals surface area contributed by atoms with E-state index in [9.17, 15) is 8.42 Å². The molecule has 6 heteroatoms. The molecule has 0 heterocycles. The number of methoxy groups -OCH3 is 1. The smallest absolute Gasteiger partial charge is 0.240 e. The molecule has 0 atom stereocenters. The van der Waals surface area contributed by atoms with Crippen LogP contribution in [0, 0.1) is 0 Å². The number of sulfonamides is 1. The molecule has 0 saturated heterocycles. The van der Waals surface area contributed by atoms with Crippen LogP contribution in [0.15, 0.2) is 29.2 Å². The van der Waals surface area contributed by atoms with Crippen molar-refractivity contribution in [2.45, 2.75) is 24.2 Å². The van der Waals surface area contributed by atoms with Crippen molar-refractivity contribution in [2.75, 3.05) is 33.9 Å². The highest BCUT2D eigenvalue weighted by Crippen LogP contribution is 2.11. The van der Waals surface area contributed by atoms with Crippen LogP contribution in [0.5, 0.6) is 0 Å². The van der Waals surface area contributed by atoms with E-state index in [1.54, 1.807) is 19.2 Å². The monoisotopic (exact) mass is 300 g/mol. The Morgan fingerprint density at radius 2 is 1.80 bits per heavy atom. The van der Waals surface area contributed by atoms with Crippen molar-refractivity contribution < 1.29 is 13.2 Å². The van der Waals surface area contributed by atoms with E-state index >= 15 is 0 Å². The third kappa shape index (κ3) is 6.00. The maximum atomic E-state index is 12.0. The summed E-state index contributed by atoms with van der Waals surface area (Å²) < 4.78 is 31.6. The van der Waals surface area contributed by atoms with Gasteiger partial charge < -0.3 is 10.1 Å². The summed E-state index contributed by atoms with van der Waals surface area (Å²) >= 11 is 0. The van der Waals surface area contributed by atoms with Crippen LogP contribution in [0.2, 0.25) is 0 Å². The van der Waals surface area contributed by atoms with Crippen molar-refractivity contribution in [1.29, 1.82) is 0 Å². The second-order valence-corrected chi connectivity index (χ2v) is 6.36. The minimum Gasteiger partial charge on any atom is -0.385 e. The van der Waals surface area contributed by atoms with Crippen LogP contribution in [0.4, 0.5) is 0 Å². The minimum absolute atomic E-state index is 0.317. The van der Waals surface area contributed by atoms with Gasteiger partial charge in [-0.2, -0.15) is 0 Å². The van der Waals surface area contributed by atoms with Gasteiger partial charge >= 0.3 is 0 Å². The summed E-state index contributed by atoms with van der Waals surface area (Å²) in [5, 5.41) is 3.06. The van der Waals surface area contributed by atoms with Gasteiger partial charge in [-0.25, -0.2) is 13.1 Å².